The van der Waals surface area contributed by atoms with Crippen molar-refractivity contribution in [3.8, 4) is 0 Å². The van der Waals surface area contributed by atoms with Crippen LogP contribution in [-0.2, 0) is 9.53 Å². The van der Waals surface area contributed by atoms with Gasteiger partial charge in [0, 0.05) is 0 Å². The number of alkyl carbamates (subject to hydrolysis) is 1. The minimum atomic E-state index is -0.992. The van der Waals surface area contributed by atoms with Crippen molar-refractivity contribution in [3.05, 3.63) is 16.1 Å². The quantitative estimate of drug-likeness (QED) is 0.887. The summed E-state index contributed by atoms with van der Waals surface area (Å²) in [6, 6.07) is -0.625. The molecule has 0 bridgehead atoms. The lowest BCUT2D eigenvalue weighted by molar-refractivity contribution is -0.137. The summed E-state index contributed by atoms with van der Waals surface area (Å²) >= 11 is 1.31. The SMILES string of the molecule is Cc1ncsc1[C@@H](CC(=O)O)NC(=O)OC(C)(C)C. The van der Waals surface area contributed by atoms with Crippen LogP contribution in [0.2, 0.25) is 0 Å². The van der Waals surface area contributed by atoms with Crippen molar-refractivity contribution in [2.75, 3.05) is 0 Å². The fourth-order valence-corrected chi connectivity index (χ4v) is 2.33. The molecular formula is C12H18N2O4S. The van der Waals surface area contributed by atoms with Gasteiger partial charge in [-0.2, -0.15) is 0 Å². The van der Waals surface area contributed by atoms with Crippen LogP contribution >= 0.6 is 11.3 Å². The van der Waals surface area contributed by atoms with Crippen LogP contribution in [0.4, 0.5) is 4.79 Å². The summed E-state index contributed by atoms with van der Waals surface area (Å²) in [6.07, 6.45) is -0.839. The third-order valence-electron chi connectivity index (χ3n) is 2.17. The van der Waals surface area contributed by atoms with E-state index in [0.29, 0.717) is 5.69 Å². The van der Waals surface area contributed by atoms with Gasteiger partial charge in [-0.1, -0.05) is 0 Å². The molecule has 19 heavy (non-hydrogen) atoms. The average Bonchev–Trinajstić information content (AvgIpc) is 2.59. The van der Waals surface area contributed by atoms with Crippen LogP contribution < -0.4 is 5.32 Å². The van der Waals surface area contributed by atoms with Crippen molar-refractivity contribution in [2.45, 2.75) is 45.8 Å². The maximum atomic E-state index is 11.7. The summed E-state index contributed by atoms with van der Waals surface area (Å²) in [5.74, 6) is -0.992. The van der Waals surface area contributed by atoms with E-state index in [4.69, 9.17) is 9.84 Å². The summed E-state index contributed by atoms with van der Waals surface area (Å²) in [6.45, 7) is 7.02. The van der Waals surface area contributed by atoms with Gasteiger partial charge in [0.15, 0.2) is 0 Å². The first-order valence-electron chi connectivity index (χ1n) is 5.80. The Morgan fingerprint density at radius 1 is 1.53 bits per heavy atom. The van der Waals surface area contributed by atoms with E-state index in [1.54, 1.807) is 33.2 Å². The van der Waals surface area contributed by atoms with Crippen LogP contribution in [0.5, 0.6) is 0 Å². The number of hydrogen-bond acceptors (Lipinski definition) is 5. The normalized spacial score (nSPS) is 12.8. The molecule has 0 aliphatic rings. The molecule has 0 saturated heterocycles. The van der Waals surface area contributed by atoms with Crippen molar-refractivity contribution in [2.24, 2.45) is 0 Å². The van der Waals surface area contributed by atoms with E-state index in [0.717, 1.165) is 4.88 Å². The number of amides is 1. The number of rotatable bonds is 4. The second-order valence-corrected chi connectivity index (χ2v) is 5.99. The van der Waals surface area contributed by atoms with Gasteiger partial charge in [0.2, 0.25) is 0 Å². The monoisotopic (exact) mass is 286 g/mol. The van der Waals surface area contributed by atoms with Gasteiger partial charge >= 0.3 is 12.1 Å². The summed E-state index contributed by atoms with van der Waals surface area (Å²) in [4.78, 5) is 27.4. The van der Waals surface area contributed by atoms with E-state index in [1.165, 1.54) is 11.3 Å². The number of ether oxygens (including phenoxy) is 1. The molecule has 0 radical (unpaired) electrons. The maximum absolute atomic E-state index is 11.7. The van der Waals surface area contributed by atoms with E-state index in [-0.39, 0.29) is 6.42 Å². The Morgan fingerprint density at radius 2 is 2.16 bits per heavy atom. The molecule has 1 atom stereocenters. The Bertz CT molecular complexity index is 465. The first kappa shape index (κ1) is 15.4. The molecule has 1 amide bonds. The van der Waals surface area contributed by atoms with Crippen LogP contribution in [-0.4, -0.2) is 27.8 Å². The third kappa shape index (κ3) is 5.25. The van der Waals surface area contributed by atoms with E-state index in [1.807, 2.05) is 0 Å². The van der Waals surface area contributed by atoms with E-state index in [9.17, 15) is 9.59 Å². The molecule has 0 aliphatic carbocycles. The van der Waals surface area contributed by atoms with Gasteiger partial charge in [-0.05, 0) is 27.7 Å². The van der Waals surface area contributed by atoms with Crippen LogP contribution in [0.3, 0.4) is 0 Å². The number of aromatic nitrogens is 1. The first-order valence-corrected chi connectivity index (χ1v) is 6.68. The smallest absolute Gasteiger partial charge is 0.408 e. The molecule has 1 aromatic heterocycles. The number of carbonyl (C=O) groups is 2. The number of nitrogens with zero attached hydrogens (tertiary/aromatic N) is 1. The molecule has 6 nitrogen and oxygen atoms in total. The summed E-state index contributed by atoms with van der Waals surface area (Å²) in [5, 5.41) is 11.5. The molecule has 2 N–H and O–H groups in total. The third-order valence-corrected chi connectivity index (χ3v) is 3.21. The molecule has 106 valence electrons. The standard InChI is InChI=1S/C12H18N2O4S/c1-7-10(19-6-13-7)8(5-9(15)16)14-11(17)18-12(2,3)4/h6,8H,5H2,1-4H3,(H,14,17)(H,15,16)/t8-/m1/s1. The molecule has 0 spiro atoms. The number of hydrogen-bond donors (Lipinski definition) is 2. The Morgan fingerprint density at radius 3 is 2.58 bits per heavy atom. The van der Waals surface area contributed by atoms with Gasteiger partial charge in [-0.15, -0.1) is 11.3 Å². The molecule has 0 saturated carbocycles. The summed E-state index contributed by atoms with van der Waals surface area (Å²) in [5.41, 5.74) is 1.71. The van der Waals surface area contributed by atoms with Crippen LogP contribution in [0, 0.1) is 6.92 Å². The molecule has 0 unspecified atom stereocenters. The van der Waals surface area contributed by atoms with Crippen molar-refractivity contribution in [3.63, 3.8) is 0 Å². The van der Waals surface area contributed by atoms with Crippen molar-refractivity contribution >= 4 is 23.4 Å². The van der Waals surface area contributed by atoms with E-state index < -0.39 is 23.7 Å². The van der Waals surface area contributed by atoms with E-state index >= 15 is 0 Å². The topological polar surface area (TPSA) is 88.5 Å². The highest BCUT2D eigenvalue weighted by Gasteiger charge is 2.24. The Hall–Kier alpha value is -1.63. The number of aliphatic carboxylic acids is 1. The molecule has 0 aliphatic heterocycles. The van der Waals surface area contributed by atoms with Gasteiger partial charge in [-0.25, -0.2) is 9.78 Å². The van der Waals surface area contributed by atoms with Gasteiger partial charge in [0.05, 0.1) is 28.5 Å². The lowest BCUT2D eigenvalue weighted by atomic mass is 10.1. The number of carboxylic acid groups (broad SMARTS) is 1. The van der Waals surface area contributed by atoms with Gasteiger partial charge in [0.1, 0.15) is 5.60 Å². The lowest BCUT2D eigenvalue weighted by Gasteiger charge is -2.22. The number of carboxylic acids is 1. The van der Waals surface area contributed by atoms with Crippen LogP contribution in [0.1, 0.15) is 43.8 Å². The zero-order chi connectivity index (χ0) is 14.6. The molecule has 7 heteroatoms. The molecule has 0 fully saturated rings. The zero-order valence-electron chi connectivity index (χ0n) is 11.4. The molecule has 1 heterocycles. The predicted octanol–water partition coefficient (Wildman–Crippen LogP) is 2.49. The number of aryl methyl sites for hydroxylation is 1. The average molecular weight is 286 g/mol. The predicted molar refractivity (Wildman–Crippen MR) is 71.2 cm³/mol. The molecular weight excluding hydrogens is 268 g/mol. The number of thiazole rings is 1. The number of carbonyl (C=O) groups excluding carboxylic acids is 1. The maximum Gasteiger partial charge on any atom is 0.408 e. The van der Waals surface area contributed by atoms with Gasteiger partial charge in [0.25, 0.3) is 0 Å². The van der Waals surface area contributed by atoms with Gasteiger partial charge in [-0.3, -0.25) is 4.79 Å². The molecule has 0 aromatic carbocycles. The van der Waals surface area contributed by atoms with Gasteiger partial charge < -0.3 is 15.2 Å². The van der Waals surface area contributed by atoms with Crippen LogP contribution in [0.25, 0.3) is 0 Å². The first-order chi connectivity index (χ1) is 8.69. The Labute approximate surface area is 115 Å². The minimum Gasteiger partial charge on any atom is -0.481 e. The highest BCUT2D eigenvalue weighted by atomic mass is 32.1. The highest BCUT2D eigenvalue weighted by molar-refractivity contribution is 7.09. The van der Waals surface area contributed by atoms with Crippen LogP contribution in [0.15, 0.2) is 5.51 Å². The largest absolute Gasteiger partial charge is 0.481 e. The van der Waals surface area contributed by atoms with Crippen molar-refractivity contribution in [1.82, 2.24) is 10.3 Å². The summed E-state index contributed by atoms with van der Waals surface area (Å²) < 4.78 is 5.13. The highest BCUT2D eigenvalue weighted by Crippen LogP contribution is 2.25. The minimum absolute atomic E-state index is 0.206. The summed E-state index contributed by atoms with van der Waals surface area (Å²) in [7, 11) is 0. The zero-order valence-corrected chi connectivity index (χ0v) is 12.2. The number of nitrogens with one attached hydrogen (secondary N) is 1. The van der Waals surface area contributed by atoms with Crippen molar-refractivity contribution < 1.29 is 19.4 Å². The fraction of sp³-hybridized carbons (Fsp3) is 0.583. The Kier molecular flexibility index (Phi) is 4.88. The Balaban J connectivity index is 2.79. The second kappa shape index (κ2) is 6.01. The van der Waals surface area contributed by atoms with Crippen molar-refractivity contribution in [1.29, 1.82) is 0 Å². The molecule has 1 aromatic rings. The fourth-order valence-electron chi connectivity index (χ4n) is 1.48. The van der Waals surface area contributed by atoms with E-state index in [2.05, 4.69) is 10.3 Å². The molecule has 1 rings (SSSR count). The second-order valence-electron chi connectivity index (χ2n) is 5.10. The lowest BCUT2D eigenvalue weighted by Crippen LogP contribution is -2.35.